The number of hydrogen-bond donors (Lipinski definition) is 2. The van der Waals surface area contributed by atoms with Gasteiger partial charge in [0.25, 0.3) is 0 Å². The van der Waals surface area contributed by atoms with E-state index in [1.165, 1.54) is 11.8 Å². The molecule has 0 spiro atoms. The number of carbonyl (C=O) groups is 2. The predicted octanol–water partition coefficient (Wildman–Crippen LogP) is 3.70. The lowest BCUT2D eigenvalue weighted by molar-refractivity contribution is -0.147. The Balaban J connectivity index is 2.38. The number of carbonyl (C=O) groups excluding carboxylic acids is 1. The fourth-order valence-corrected chi connectivity index (χ4v) is 2.73. The van der Waals surface area contributed by atoms with Crippen LogP contribution in [0.15, 0.2) is 23.1 Å². The molecule has 2 N–H and O–H groups in total. The van der Waals surface area contributed by atoms with Crippen molar-refractivity contribution in [3.05, 3.63) is 28.2 Å². The van der Waals surface area contributed by atoms with E-state index in [1.54, 1.807) is 32.0 Å². The fourth-order valence-electron chi connectivity index (χ4n) is 1.40. The third kappa shape index (κ3) is 6.16. The molecule has 1 aromatic carbocycles. The van der Waals surface area contributed by atoms with Crippen LogP contribution in [0.25, 0.3) is 0 Å². The largest absolute Gasteiger partial charge is 0.481 e. The van der Waals surface area contributed by atoms with Gasteiger partial charge in [0.05, 0.1) is 16.2 Å². The molecule has 0 fully saturated rings. The van der Waals surface area contributed by atoms with Crippen LogP contribution in [0.4, 0.5) is 0 Å². The molecule has 0 aliphatic carbocycles. The van der Waals surface area contributed by atoms with Crippen molar-refractivity contribution in [2.45, 2.75) is 25.2 Å². The number of carboxylic acids is 1. The van der Waals surface area contributed by atoms with Gasteiger partial charge in [0.2, 0.25) is 5.91 Å². The summed E-state index contributed by atoms with van der Waals surface area (Å²) < 4.78 is 0. The maximum Gasteiger partial charge on any atom is 0.309 e. The van der Waals surface area contributed by atoms with Crippen molar-refractivity contribution in [1.29, 1.82) is 0 Å². The molecule has 0 saturated carbocycles. The monoisotopic (exact) mass is 349 g/mol. The van der Waals surface area contributed by atoms with E-state index in [1.807, 2.05) is 0 Å². The highest BCUT2D eigenvalue weighted by molar-refractivity contribution is 8.00. The quantitative estimate of drug-likeness (QED) is 0.736. The predicted molar refractivity (Wildman–Crippen MR) is 86.2 cm³/mol. The zero-order chi connectivity index (χ0) is 16.0. The van der Waals surface area contributed by atoms with Crippen LogP contribution in [0.5, 0.6) is 0 Å². The molecule has 0 saturated heterocycles. The zero-order valence-electron chi connectivity index (χ0n) is 11.8. The molecule has 116 valence electrons. The fraction of sp³-hybridized carbons (Fsp3) is 0.429. The van der Waals surface area contributed by atoms with Gasteiger partial charge < -0.3 is 10.4 Å². The summed E-state index contributed by atoms with van der Waals surface area (Å²) in [6, 6.07) is 5.07. The Bertz CT molecular complexity index is 535. The van der Waals surface area contributed by atoms with Crippen LogP contribution >= 0.6 is 35.0 Å². The van der Waals surface area contributed by atoms with Gasteiger partial charge in [-0.3, -0.25) is 9.59 Å². The van der Waals surface area contributed by atoms with E-state index >= 15 is 0 Å². The molecular weight excluding hydrogens is 333 g/mol. The van der Waals surface area contributed by atoms with Crippen LogP contribution in [-0.2, 0) is 9.59 Å². The van der Waals surface area contributed by atoms with E-state index in [9.17, 15) is 9.59 Å². The van der Waals surface area contributed by atoms with Gasteiger partial charge >= 0.3 is 5.97 Å². The summed E-state index contributed by atoms with van der Waals surface area (Å²) >= 11 is 13.2. The second-order valence-corrected chi connectivity index (χ2v) is 7.01. The first kappa shape index (κ1) is 18.1. The minimum Gasteiger partial charge on any atom is -0.481 e. The van der Waals surface area contributed by atoms with E-state index in [0.29, 0.717) is 23.0 Å². The Kier molecular flexibility index (Phi) is 6.84. The number of aliphatic carboxylic acids is 1. The smallest absolute Gasteiger partial charge is 0.309 e. The molecule has 0 unspecified atom stereocenters. The van der Waals surface area contributed by atoms with E-state index < -0.39 is 11.4 Å². The van der Waals surface area contributed by atoms with Crippen LogP contribution in [0.3, 0.4) is 0 Å². The number of hydrogen-bond acceptors (Lipinski definition) is 3. The minimum atomic E-state index is -0.878. The second-order valence-electron chi connectivity index (χ2n) is 5.15. The first-order valence-corrected chi connectivity index (χ1v) is 8.04. The maximum atomic E-state index is 11.7. The van der Waals surface area contributed by atoms with E-state index in [0.717, 1.165) is 4.90 Å². The summed E-state index contributed by atoms with van der Waals surface area (Å²) in [5.74, 6) is -0.845. The Labute approximate surface area is 138 Å². The first-order chi connectivity index (χ1) is 9.72. The van der Waals surface area contributed by atoms with Crippen molar-refractivity contribution in [3.63, 3.8) is 0 Å². The maximum absolute atomic E-state index is 11.7. The van der Waals surface area contributed by atoms with Gasteiger partial charge in [-0.1, -0.05) is 23.2 Å². The minimum absolute atomic E-state index is 0.169. The summed E-state index contributed by atoms with van der Waals surface area (Å²) in [6.45, 7) is 3.58. The highest BCUT2D eigenvalue weighted by Crippen LogP contribution is 2.29. The molecule has 1 amide bonds. The van der Waals surface area contributed by atoms with Gasteiger partial charge in [0.15, 0.2) is 0 Å². The molecule has 1 rings (SSSR count). The Hall–Kier alpha value is -0.910. The number of carboxylic acid groups (broad SMARTS) is 1. The van der Waals surface area contributed by atoms with Crippen LogP contribution < -0.4 is 5.32 Å². The first-order valence-electron chi connectivity index (χ1n) is 6.30. The SMILES string of the molecule is CC(C)(CCNC(=O)CSc1cc(Cl)ccc1Cl)C(=O)O. The number of nitrogens with one attached hydrogen (secondary N) is 1. The highest BCUT2D eigenvalue weighted by Gasteiger charge is 2.26. The van der Waals surface area contributed by atoms with Crippen molar-refractivity contribution >= 4 is 46.8 Å². The van der Waals surface area contributed by atoms with Crippen LogP contribution in [0.2, 0.25) is 10.0 Å². The van der Waals surface area contributed by atoms with Crippen LogP contribution in [0, 0.1) is 5.41 Å². The van der Waals surface area contributed by atoms with Crippen molar-refractivity contribution in [2.24, 2.45) is 5.41 Å². The van der Waals surface area contributed by atoms with Gasteiger partial charge in [0, 0.05) is 16.5 Å². The number of halogens is 2. The summed E-state index contributed by atoms with van der Waals surface area (Å²) in [7, 11) is 0. The molecule has 0 radical (unpaired) electrons. The molecule has 1 aromatic rings. The van der Waals surface area contributed by atoms with Gasteiger partial charge in [-0.2, -0.15) is 0 Å². The molecule has 7 heteroatoms. The average Bonchev–Trinajstić information content (AvgIpc) is 2.39. The lowest BCUT2D eigenvalue weighted by Crippen LogP contribution is -2.32. The third-order valence-electron chi connectivity index (χ3n) is 2.90. The van der Waals surface area contributed by atoms with Gasteiger partial charge in [-0.05, 0) is 38.5 Å². The van der Waals surface area contributed by atoms with E-state index in [2.05, 4.69) is 5.32 Å². The van der Waals surface area contributed by atoms with Crippen molar-refractivity contribution < 1.29 is 14.7 Å². The Morgan fingerprint density at radius 2 is 2.00 bits per heavy atom. The summed E-state index contributed by atoms with van der Waals surface area (Å²) in [5, 5.41) is 12.8. The van der Waals surface area contributed by atoms with E-state index in [4.69, 9.17) is 28.3 Å². The average molecular weight is 350 g/mol. The molecule has 4 nitrogen and oxygen atoms in total. The summed E-state index contributed by atoms with van der Waals surface area (Å²) in [4.78, 5) is 23.4. The molecule has 0 bridgehead atoms. The van der Waals surface area contributed by atoms with Crippen molar-refractivity contribution in [3.8, 4) is 0 Å². The summed E-state index contributed by atoms with van der Waals surface area (Å²) in [5.41, 5.74) is -0.851. The summed E-state index contributed by atoms with van der Waals surface area (Å²) in [6.07, 6.45) is 0.372. The molecule has 0 aromatic heterocycles. The number of amides is 1. The van der Waals surface area contributed by atoms with Crippen molar-refractivity contribution in [1.82, 2.24) is 5.32 Å². The molecule has 21 heavy (non-hydrogen) atoms. The number of thioether (sulfide) groups is 1. The molecule has 0 aliphatic rings. The third-order valence-corrected chi connectivity index (χ3v) is 4.64. The topological polar surface area (TPSA) is 66.4 Å². The van der Waals surface area contributed by atoms with Crippen LogP contribution in [-0.4, -0.2) is 29.3 Å². The molecule has 0 heterocycles. The van der Waals surface area contributed by atoms with Gasteiger partial charge in [-0.25, -0.2) is 0 Å². The highest BCUT2D eigenvalue weighted by atomic mass is 35.5. The van der Waals surface area contributed by atoms with E-state index in [-0.39, 0.29) is 11.7 Å². The lowest BCUT2D eigenvalue weighted by atomic mass is 9.90. The number of rotatable bonds is 7. The van der Waals surface area contributed by atoms with Crippen molar-refractivity contribution in [2.75, 3.05) is 12.3 Å². The molecular formula is C14H17Cl2NO3S. The normalized spacial score (nSPS) is 11.2. The standard InChI is InChI=1S/C14H17Cl2NO3S/c1-14(2,13(19)20)5-6-17-12(18)8-21-11-7-9(15)3-4-10(11)16/h3-4,7H,5-6,8H2,1-2H3,(H,17,18)(H,19,20). The Morgan fingerprint density at radius 1 is 1.33 bits per heavy atom. The second kappa shape index (κ2) is 7.92. The molecule has 0 aliphatic heterocycles. The Morgan fingerprint density at radius 3 is 2.62 bits per heavy atom. The zero-order valence-corrected chi connectivity index (χ0v) is 14.1. The van der Waals surface area contributed by atoms with Gasteiger partial charge in [-0.15, -0.1) is 11.8 Å². The van der Waals surface area contributed by atoms with Crippen LogP contribution in [0.1, 0.15) is 20.3 Å². The molecule has 0 atom stereocenters. The van der Waals surface area contributed by atoms with Gasteiger partial charge in [0.1, 0.15) is 0 Å². The number of benzene rings is 1. The lowest BCUT2D eigenvalue weighted by Gasteiger charge is -2.18.